The molecular formula is C13H21ClN2O2. The van der Waals surface area contributed by atoms with Gasteiger partial charge in [-0.25, -0.2) is 0 Å². The number of aromatic nitrogens is 2. The summed E-state index contributed by atoms with van der Waals surface area (Å²) >= 11 is 6.24. The van der Waals surface area contributed by atoms with Gasteiger partial charge < -0.3 is 9.84 Å². The number of ether oxygens (including phenoxy) is 1. The van der Waals surface area contributed by atoms with E-state index in [1.807, 2.05) is 4.68 Å². The molecular weight excluding hydrogens is 252 g/mol. The van der Waals surface area contributed by atoms with Gasteiger partial charge in [0.05, 0.1) is 36.2 Å². The smallest absolute Gasteiger partial charge is 0.0821 e. The van der Waals surface area contributed by atoms with Crippen LogP contribution in [0.25, 0.3) is 0 Å². The monoisotopic (exact) mass is 272 g/mol. The molecule has 0 aromatic carbocycles. The van der Waals surface area contributed by atoms with E-state index >= 15 is 0 Å². The van der Waals surface area contributed by atoms with Crippen LogP contribution in [-0.4, -0.2) is 34.7 Å². The molecule has 4 nitrogen and oxygen atoms in total. The highest BCUT2D eigenvalue weighted by atomic mass is 35.5. The van der Waals surface area contributed by atoms with Crippen LogP contribution in [0.1, 0.15) is 43.7 Å². The summed E-state index contributed by atoms with van der Waals surface area (Å²) in [6.45, 7) is 1.29. The van der Waals surface area contributed by atoms with Crippen molar-refractivity contribution in [1.29, 1.82) is 0 Å². The molecule has 5 heteroatoms. The average molecular weight is 273 g/mol. The summed E-state index contributed by atoms with van der Waals surface area (Å²) in [6, 6.07) is 0. The molecule has 1 aliphatic rings. The van der Waals surface area contributed by atoms with Crippen LogP contribution in [-0.2, 0) is 11.3 Å². The topological polar surface area (TPSA) is 47.3 Å². The first kappa shape index (κ1) is 13.8. The van der Waals surface area contributed by atoms with Crippen LogP contribution in [0.3, 0.4) is 0 Å². The molecule has 2 atom stereocenters. The Labute approximate surface area is 113 Å². The van der Waals surface area contributed by atoms with E-state index in [9.17, 15) is 5.11 Å². The Hall–Kier alpha value is -0.580. The van der Waals surface area contributed by atoms with Crippen LogP contribution < -0.4 is 0 Å². The van der Waals surface area contributed by atoms with Crippen LogP contribution in [0.15, 0.2) is 6.20 Å². The molecule has 1 fully saturated rings. The van der Waals surface area contributed by atoms with Crippen molar-refractivity contribution in [2.45, 2.75) is 50.7 Å². The highest BCUT2D eigenvalue weighted by molar-refractivity contribution is 6.31. The van der Waals surface area contributed by atoms with Gasteiger partial charge in [0, 0.05) is 13.0 Å². The van der Waals surface area contributed by atoms with Crippen LogP contribution in [0, 0.1) is 0 Å². The highest BCUT2D eigenvalue weighted by Gasteiger charge is 2.28. The van der Waals surface area contributed by atoms with Gasteiger partial charge in [-0.2, -0.15) is 5.10 Å². The fourth-order valence-electron chi connectivity index (χ4n) is 2.70. The van der Waals surface area contributed by atoms with Crippen molar-refractivity contribution in [3.63, 3.8) is 0 Å². The Bertz CT molecular complexity index is 381. The minimum Gasteiger partial charge on any atom is -0.392 e. The molecule has 0 saturated heterocycles. The third-order valence-electron chi connectivity index (χ3n) is 3.67. The summed E-state index contributed by atoms with van der Waals surface area (Å²) in [7, 11) is 1.67. The fourth-order valence-corrected chi connectivity index (χ4v) is 2.98. The van der Waals surface area contributed by atoms with Gasteiger partial charge in [-0.15, -0.1) is 0 Å². The minimum absolute atomic E-state index is 0.111. The highest BCUT2D eigenvalue weighted by Crippen LogP contribution is 2.35. The lowest BCUT2D eigenvalue weighted by atomic mass is 9.93. The van der Waals surface area contributed by atoms with Crippen LogP contribution in [0.5, 0.6) is 0 Å². The lowest BCUT2D eigenvalue weighted by Crippen LogP contribution is -2.22. The second-order valence-electron chi connectivity index (χ2n) is 4.91. The minimum atomic E-state index is -0.303. The number of hydrogen-bond donors (Lipinski definition) is 1. The first-order valence-electron chi connectivity index (χ1n) is 6.62. The Morgan fingerprint density at radius 1 is 1.44 bits per heavy atom. The Balaban J connectivity index is 2.21. The van der Waals surface area contributed by atoms with E-state index < -0.39 is 0 Å². The van der Waals surface area contributed by atoms with Crippen LogP contribution in [0.4, 0.5) is 0 Å². The number of aliphatic hydroxyl groups is 1. The maximum absolute atomic E-state index is 10.3. The second-order valence-corrected chi connectivity index (χ2v) is 5.31. The normalized spacial score (nSPS) is 25.1. The molecule has 0 amide bonds. The molecule has 1 N–H and O–H groups in total. The predicted molar refractivity (Wildman–Crippen MR) is 70.9 cm³/mol. The van der Waals surface area contributed by atoms with Crippen molar-refractivity contribution in [2.75, 3.05) is 13.7 Å². The van der Waals surface area contributed by atoms with E-state index in [0.717, 1.165) is 31.4 Å². The molecule has 1 aromatic rings. The number of rotatable bonds is 4. The van der Waals surface area contributed by atoms with Crippen LogP contribution in [0.2, 0.25) is 5.02 Å². The van der Waals surface area contributed by atoms with Gasteiger partial charge in [0.25, 0.3) is 0 Å². The predicted octanol–water partition coefficient (Wildman–Crippen LogP) is 2.59. The van der Waals surface area contributed by atoms with Gasteiger partial charge in [0.1, 0.15) is 0 Å². The van der Waals surface area contributed by atoms with E-state index in [4.69, 9.17) is 16.3 Å². The lowest BCUT2D eigenvalue weighted by Gasteiger charge is -2.22. The van der Waals surface area contributed by atoms with Crippen LogP contribution >= 0.6 is 11.6 Å². The first-order valence-corrected chi connectivity index (χ1v) is 7.00. The largest absolute Gasteiger partial charge is 0.392 e. The third-order valence-corrected chi connectivity index (χ3v) is 3.96. The first-order chi connectivity index (χ1) is 8.74. The van der Waals surface area contributed by atoms with E-state index in [2.05, 4.69) is 5.10 Å². The number of nitrogens with zero attached hydrogens (tertiary/aromatic N) is 2. The number of halogens is 1. The summed E-state index contributed by atoms with van der Waals surface area (Å²) in [4.78, 5) is 0. The van der Waals surface area contributed by atoms with Gasteiger partial charge >= 0.3 is 0 Å². The molecule has 1 saturated carbocycles. The fraction of sp³-hybridized carbons (Fsp3) is 0.769. The molecule has 18 heavy (non-hydrogen) atoms. The number of methoxy groups -OCH3 is 1. The number of aliphatic hydroxyl groups excluding tert-OH is 1. The Morgan fingerprint density at radius 2 is 2.22 bits per heavy atom. The molecule has 0 bridgehead atoms. The zero-order valence-corrected chi connectivity index (χ0v) is 11.6. The summed E-state index contributed by atoms with van der Waals surface area (Å²) < 4.78 is 6.96. The zero-order chi connectivity index (χ0) is 13.0. The Morgan fingerprint density at radius 3 is 3.00 bits per heavy atom. The van der Waals surface area contributed by atoms with Crippen molar-refractivity contribution in [3.05, 3.63) is 16.9 Å². The molecule has 0 radical (unpaired) electrons. The van der Waals surface area contributed by atoms with Crippen molar-refractivity contribution < 1.29 is 9.84 Å². The van der Waals surface area contributed by atoms with Crippen molar-refractivity contribution in [1.82, 2.24) is 9.78 Å². The molecule has 1 heterocycles. The summed E-state index contributed by atoms with van der Waals surface area (Å²) in [5.74, 6) is 0.111. The second kappa shape index (κ2) is 6.55. The molecule has 2 unspecified atom stereocenters. The molecule has 1 aliphatic carbocycles. The van der Waals surface area contributed by atoms with Gasteiger partial charge in [-0.05, 0) is 12.8 Å². The SMILES string of the molecule is COCCn1ncc(Cl)c1C1CCCCCC1O. The summed E-state index contributed by atoms with van der Waals surface area (Å²) in [5.41, 5.74) is 0.975. The van der Waals surface area contributed by atoms with Gasteiger partial charge in [0.2, 0.25) is 0 Å². The third kappa shape index (κ3) is 3.05. The molecule has 0 aliphatic heterocycles. The van der Waals surface area contributed by atoms with Crippen molar-refractivity contribution in [3.8, 4) is 0 Å². The van der Waals surface area contributed by atoms with E-state index in [1.165, 1.54) is 6.42 Å². The van der Waals surface area contributed by atoms with Crippen molar-refractivity contribution >= 4 is 11.6 Å². The molecule has 1 aromatic heterocycles. The molecule has 102 valence electrons. The molecule has 2 rings (SSSR count). The average Bonchev–Trinajstić information content (AvgIpc) is 2.58. The Kier molecular flexibility index (Phi) is 5.03. The summed E-state index contributed by atoms with van der Waals surface area (Å²) in [5, 5.41) is 15.2. The quantitative estimate of drug-likeness (QED) is 0.857. The van der Waals surface area contributed by atoms with E-state index in [1.54, 1.807) is 13.3 Å². The number of hydrogen-bond acceptors (Lipinski definition) is 3. The summed E-state index contributed by atoms with van der Waals surface area (Å²) in [6.07, 6.45) is 6.65. The lowest BCUT2D eigenvalue weighted by molar-refractivity contribution is 0.129. The van der Waals surface area contributed by atoms with Gasteiger partial charge in [-0.1, -0.05) is 30.9 Å². The van der Waals surface area contributed by atoms with Gasteiger partial charge in [0.15, 0.2) is 0 Å². The zero-order valence-electron chi connectivity index (χ0n) is 10.8. The van der Waals surface area contributed by atoms with Gasteiger partial charge in [-0.3, -0.25) is 4.68 Å². The van der Waals surface area contributed by atoms with E-state index in [-0.39, 0.29) is 12.0 Å². The standard InChI is InChI=1S/C13H21ClN2O2/c1-18-8-7-16-13(11(14)9-15-16)10-5-3-2-4-6-12(10)17/h9-10,12,17H,2-8H2,1H3. The van der Waals surface area contributed by atoms with E-state index in [0.29, 0.717) is 18.2 Å². The van der Waals surface area contributed by atoms with Crippen molar-refractivity contribution in [2.24, 2.45) is 0 Å². The molecule has 0 spiro atoms. The maximum atomic E-state index is 10.3. The maximum Gasteiger partial charge on any atom is 0.0821 e.